The van der Waals surface area contributed by atoms with Gasteiger partial charge in [0.05, 0.1) is 40.0 Å². The van der Waals surface area contributed by atoms with Crippen molar-refractivity contribution in [1.29, 1.82) is 0 Å². The number of nitrogens with zero attached hydrogens (tertiary/aromatic N) is 2. The second-order valence-electron chi connectivity index (χ2n) is 4.80. The number of hydrogen-bond acceptors (Lipinski definition) is 5. The molecule has 1 aromatic carbocycles. The number of anilines is 1. The number of aliphatic hydroxyl groups excluding tert-OH is 1. The summed E-state index contributed by atoms with van der Waals surface area (Å²) in [5.74, 6) is 0. The molecule has 1 aliphatic rings. The van der Waals surface area contributed by atoms with E-state index in [9.17, 15) is 10.1 Å². The number of piperidine rings is 1. The summed E-state index contributed by atoms with van der Waals surface area (Å²) in [7, 11) is 0. The minimum atomic E-state index is -0.517. The molecule has 0 aliphatic carbocycles. The zero-order chi connectivity index (χ0) is 15.4. The number of nitro benzene ring substituents is 1. The van der Waals surface area contributed by atoms with E-state index in [0.717, 1.165) is 12.8 Å². The van der Waals surface area contributed by atoms with Gasteiger partial charge in [-0.15, -0.1) is 0 Å². The van der Waals surface area contributed by atoms with Crippen LogP contribution in [-0.2, 0) is 4.74 Å². The number of rotatable bonds is 5. The molecule has 0 spiro atoms. The van der Waals surface area contributed by atoms with Gasteiger partial charge in [-0.3, -0.25) is 10.1 Å². The lowest BCUT2D eigenvalue weighted by Crippen LogP contribution is -2.37. The first-order valence-corrected chi connectivity index (χ1v) is 7.39. The summed E-state index contributed by atoms with van der Waals surface area (Å²) in [5.41, 5.74) is 0.513. The van der Waals surface area contributed by atoms with Gasteiger partial charge in [-0.1, -0.05) is 23.2 Å². The Morgan fingerprint density at radius 2 is 1.90 bits per heavy atom. The predicted octanol–water partition coefficient (Wildman–Crippen LogP) is 2.88. The molecule has 0 aromatic heterocycles. The summed E-state index contributed by atoms with van der Waals surface area (Å²) in [6, 6.07) is 2.63. The van der Waals surface area contributed by atoms with Gasteiger partial charge < -0.3 is 14.7 Å². The molecule has 0 radical (unpaired) electrons. The zero-order valence-corrected chi connectivity index (χ0v) is 12.8. The third-order valence-electron chi connectivity index (χ3n) is 3.42. The highest BCUT2D eigenvalue weighted by Crippen LogP contribution is 2.38. The number of benzene rings is 1. The minimum Gasteiger partial charge on any atom is -0.394 e. The highest BCUT2D eigenvalue weighted by Gasteiger charge is 2.24. The Bertz CT molecular complexity index is 496. The highest BCUT2D eigenvalue weighted by atomic mass is 35.5. The molecule has 0 saturated carbocycles. The maximum absolute atomic E-state index is 10.8. The molecule has 0 bridgehead atoms. The van der Waals surface area contributed by atoms with E-state index in [-0.39, 0.29) is 28.4 Å². The topological polar surface area (TPSA) is 75.8 Å². The maximum atomic E-state index is 10.8. The monoisotopic (exact) mass is 334 g/mol. The fourth-order valence-corrected chi connectivity index (χ4v) is 3.14. The van der Waals surface area contributed by atoms with Crippen molar-refractivity contribution in [2.75, 3.05) is 31.2 Å². The fourth-order valence-electron chi connectivity index (χ4n) is 2.43. The molecule has 1 N–H and O–H groups in total. The quantitative estimate of drug-likeness (QED) is 0.661. The number of hydrogen-bond donors (Lipinski definition) is 1. The van der Waals surface area contributed by atoms with E-state index in [0.29, 0.717) is 25.4 Å². The predicted molar refractivity (Wildman–Crippen MR) is 81.4 cm³/mol. The summed E-state index contributed by atoms with van der Waals surface area (Å²) in [6.45, 7) is 1.75. The first-order chi connectivity index (χ1) is 10.0. The Hall–Kier alpha value is -1.08. The summed E-state index contributed by atoms with van der Waals surface area (Å²) < 4.78 is 5.50. The third-order valence-corrected chi connectivity index (χ3v) is 3.99. The summed E-state index contributed by atoms with van der Waals surface area (Å²) in [6.07, 6.45) is 1.71. The fraction of sp³-hybridized carbons (Fsp3) is 0.538. The van der Waals surface area contributed by atoms with E-state index in [1.165, 1.54) is 12.1 Å². The largest absolute Gasteiger partial charge is 0.394 e. The standard InChI is InChI=1S/C13H16Cl2N2O4/c14-11-7-9(17(19)20)8-12(15)13(11)16-3-1-10(2-4-16)21-6-5-18/h7-8,10,18H,1-6H2. The SMILES string of the molecule is O=[N+]([O-])c1cc(Cl)c(N2CCC(OCCO)CC2)c(Cl)c1. The average molecular weight is 335 g/mol. The lowest BCUT2D eigenvalue weighted by atomic mass is 10.1. The van der Waals surface area contributed by atoms with Crippen molar-refractivity contribution < 1.29 is 14.8 Å². The van der Waals surface area contributed by atoms with E-state index < -0.39 is 4.92 Å². The summed E-state index contributed by atoms with van der Waals surface area (Å²) in [4.78, 5) is 12.3. The molecule has 1 aromatic rings. The Kier molecular flexibility index (Phi) is 5.64. The van der Waals surface area contributed by atoms with Gasteiger partial charge in [-0.25, -0.2) is 0 Å². The third kappa shape index (κ3) is 3.97. The van der Waals surface area contributed by atoms with Crippen molar-refractivity contribution in [3.05, 3.63) is 32.3 Å². The number of nitro groups is 1. The summed E-state index contributed by atoms with van der Waals surface area (Å²) >= 11 is 12.3. The van der Waals surface area contributed by atoms with Crippen LogP contribution in [0.2, 0.25) is 10.0 Å². The number of non-ortho nitro benzene ring substituents is 1. The molecule has 1 fully saturated rings. The second-order valence-corrected chi connectivity index (χ2v) is 5.61. The lowest BCUT2D eigenvalue weighted by molar-refractivity contribution is -0.384. The van der Waals surface area contributed by atoms with Crippen LogP contribution in [0, 0.1) is 10.1 Å². The van der Waals surface area contributed by atoms with Crippen LogP contribution in [0.5, 0.6) is 0 Å². The molecule has 0 unspecified atom stereocenters. The molecule has 1 heterocycles. The first kappa shape index (κ1) is 16.3. The molecule has 1 saturated heterocycles. The zero-order valence-electron chi connectivity index (χ0n) is 11.3. The molecule has 116 valence electrons. The summed E-state index contributed by atoms with van der Waals surface area (Å²) in [5, 5.41) is 20.1. The first-order valence-electron chi connectivity index (χ1n) is 6.63. The number of aliphatic hydroxyl groups is 1. The molecule has 2 rings (SSSR count). The second kappa shape index (κ2) is 7.26. The van der Waals surface area contributed by atoms with Gasteiger partial charge in [0, 0.05) is 25.2 Å². The van der Waals surface area contributed by atoms with Crippen LogP contribution in [0.25, 0.3) is 0 Å². The number of ether oxygens (including phenoxy) is 1. The Labute approximate surface area is 132 Å². The van der Waals surface area contributed by atoms with Gasteiger partial charge in [0.2, 0.25) is 0 Å². The highest BCUT2D eigenvalue weighted by molar-refractivity contribution is 6.39. The average Bonchev–Trinajstić information content (AvgIpc) is 2.45. The Morgan fingerprint density at radius 1 is 1.33 bits per heavy atom. The van der Waals surface area contributed by atoms with E-state index >= 15 is 0 Å². The lowest BCUT2D eigenvalue weighted by Gasteiger charge is -2.34. The molecule has 8 heteroatoms. The molecular weight excluding hydrogens is 319 g/mol. The van der Waals surface area contributed by atoms with Crippen molar-refractivity contribution >= 4 is 34.6 Å². The van der Waals surface area contributed by atoms with E-state index in [1.807, 2.05) is 4.90 Å². The molecule has 0 amide bonds. The van der Waals surface area contributed by atoms with Crippen LogP contribution in [0.4, 0.5) is 11.4 Å². The maximum Gasteiger partial charge on any atom is 0.272 e. The van der Waals surface area contributed by atoms with Crippen LogP contribution in [-0.4, -0.2) is 42.4 Å². The van der Waals surface area contributed by atoms with Crippen LogP contribution in [0.3, 0.4) is 0 Å². The van der Waals surface area contributed by atoms with Crippen LogP contribution in [0.15, 0.2) is 12.1 Å². The minimum absolute atomic E-state index is 0.0141. The molecule has 0 atom stereocenters. The smallest absolute Gasteiger partial charge is 0.272 e. The van der Waals surface area contributed by atoms with Gasteiger partial charge >= 0.3 is 0 Å². The van der Waals surface area contributed by atoms with Crippen molar-refractivity contribution in [1.82, 2.24) is 0 Å². The van der Waals surface area contributed by atoms with Crippen LogP contribution < -0.4 is 4.90 Å². The van der Waals surface area contributed by atoms with Gasteiger partial charge in [-0.2, -0.15) is 0 Å². The molecular formula is C13H16Cl2N2O4. The van der Waals surface area contributed by atoms with Gasteiger partial charge in [0.15, 0.2) is 0 Å². The van der Waals surface area contributed by atoms with Crippen LogP contribution >= 0.6 is 23.2 Å². The van der Waals surface area contributed by atoms with Gasteiger partial charge in [0.1, 0.15) is 0 Å². The Balaban J connectivity index is 2.08. The van der Waals surface area contributed by atoms with E-state index in [2.05, 4.69) is 0 Å². The molecule has 6 nitrogen and oxygen atoms in total. The molecule has 1 aliphatic heterocycles. The van der Waals surface area contributed by atoms with Crippen LogP contribution in [0.1, 0.15) is 12.8 Å². The Morgan fingerprint density at radius 3 is 2.38 bits per heavy atom. The van der Waals surface area contributed by atoms with E-state index in [1.54, 1.807) is 0 Å². The van der Waals surface area contributed by atoms with Crippen molar-refractivity contribution in [2.45, 2.75) is 18.9 Å². The van der Waals surface area contributed by atoms with E-state index in [4.69, 9.17) is 33.0 Å². The van der Waals surface area contributed by atoms with Crippen molar-refractivity contribution in [2.24, 2.45) is 0 Å². The number of halogens is 2. The van der Waals surface area contributed by atoms with Gasteiger partial charge in [-0.05, 0) is 12.8 Å². The van der Waals surface area contributed by atoms with Gasteiger partial charge in [0.25, 0.3) is 5.69 Å². The molecule has 21 heavy (non-hydrogen) atoms. The normalized spacial score (nSPS) is 16.2. The van der Waals surface area contributed by atoms with Crippen molar-refractivity contribution in [3.8, 4) is 0 Å². The van der Waals surface area contributed by atoms with Crippen molar-refractivity contribution in [3.63, 3.8) is 0 Å².